The first-order valence-corrected chi connectivity index (χ1v) is 23.2. The number of quaternary nitrogens is 2. The van der Waals surface area contributed by atoms with Crippen LogP contribution < -0.4 is 10.2 Å². The number of rotatable bonds is 39. The number of aliphatic carboxylic acids is 2. The van der Waals surface area contributed by atoms with Gasteiger partial charge in [-0.15, -0.1) is 0 Å². The zero-order chi connectivity index (χ0) is 40.9. The summed E-state index contributed by atoms with van der Waals surface area (Å²) in [4.78, 5) is 19.3. The summed E-state index contributed by atoms with van der Waals surface area (Å²) < 4.78 is 2.34. The molecule has 0 radical (unpaired) electrons. The van der Waals surface area contributed by atoms with Gasteiger partial charge in [-0.3, -0.25) is 8.97 Å². The van der Waals surface area contributed by atoms with Gasteiger partial charge in [-0.25, -0.2) is 0 Å². The Morgan fingerprint density at radius 1 is 0.389 bits per heavy atom. The van der Waals surface area contributed by atoms with Gasteiger partial charge in [-0.05, 0) is 25.7 Å². The molecule has 0 saturated carbocycles. The van der Waals surface area contributed by atoms with Crippen molar-refractivity contribution in [2.24, 2.45) is 0 Å². The second-order valence-electron chi connectivity index (χ2n) is 17.8. The Morgan fingerprint density at radius 2 is 0.556 bits per heavy atom. The van der Waals surface area contributed by atoms with Crippen LogP contribution in [0.1, 0.15) is 226 Å². The molecule has 0 aromatic carbocycles. The quantitative estimate of drug-likeness (QED) is 0.0366. The van der Waals surface area contributed by atoms with Gasteiger partial charge in [0, 0.05) is 6.92 Å². The van der Waals surface area contributed by atoms with Crippen LogP contribution in [0.25, 0.3) is 0 Å². The van der Waals surface area contributed by atoms with Gasteiger partial charge in [0.25, 0.3) is 0 Å². The molecule has 0 saturated heterocycles. The van der Waals surface area contributed by atoms with E-state index in [-0.39, 0.29) is 0 Å². The molecule has 0 heterocycles. The van der Waals surface area contributed by atoms with Crippen LogP contribution in [0, 0.1) is 0 Å². The van der Waals surface area contributed by atoms with Gasteiger partial charge in [0.15, 0.2) is 0 Å². The molecule has 0 aliphatic rings. The molecule has 0 aromatic rings. The summed E-state index contributed by atoms with van der Waals surface area (Å²) in [6, 6.07) is 0. The Kier molecular flexibility index (Phi) is 38.0. The van der Waals surface area contributed by atoms with Gasteiger partial charge < -0.3 is 30.0 Å². The highest BCUT2D eigenvalue weighted by Gasteiger charge is 2.36. The predicted octanol–water partition coefficient (Wildman–Crippen LogP) is 9.22. The highest BCUT2D eigenvalue weighted by molar-refractivity contribution is 5.80. The third-order valence-electron chi connectivity index (χ3n) is 12.0. The molecule has 0 aromatic heterocycles. The molecule has 0 rings (SSSR count). The molecule has 324 valence electrons. The lowest BCUT2D eigenvalue weighted by molar-refractivity contribution is -1.10. The first-order chi connectivity index (χ1) is 25.7. The van der Waals surface area contributed by atoms with Crippen molar-refractivity contribution in [1.29, 1.82) is 0 Å². The van der Waals surface area contributed by atoms with E-state index in [2.05, 4.69) is 49.0 Å². The maximum atomic E-state index is 9.63. The van der Waals surface area contributed by atoms with Crippen LogP contribution in [-0.4, -0.2) is 90.8 Å². The zero-order valence-corrected chi connectivity index (χ0v) is 37.2. The number of carbonyl (C=O) groups is 2. The number of hydrogen-bond acceptors (Lipinski definition) is 6. The van der Waals surface area contributed by atoms with Crippen molar-refractivity contribution >= 4 is 11.9 Å². The smallest absolute Gasteiger partial charge is 0.213 e. The maximum Gasteiger partial charge on any atom is 0.213 e. The van der Waals surface area contributed by atoms with Crippen LogP contribution in [0.4, 0.5) is 0 Å². The van der Waals surface area contributed by atoms with Crippen LogP contribution >= 0.6 is 0 Å². The summed E-state index contributed by atoms with van der Waals surface area (Å²) in [5.41, 5.74) is 0. The highest BCUT2D eigenvalue weighted by atomic mass is 16.4. The lowest BCUT2D eigenvalue weighted by atomic mass is 10.0. The number of unbranched alkanes of at least 4 members (excludes halogenated alkanes) is 30. The van der Waals surface area contributed by atoms with E-state index in [0.717, 1.165) is 0 Å². The average molecular weight is 771 g/mol. The first kappa shape index (κ1) is 54.9. The van der Waals surface area contributed by atoms with Crippen LogP contribution in [0.5, 0.6) is 0 Å². The Bertz CT molecular complexity index is 770. The van der Waals surface area contributed by atoms with Crippen LogP contribution in [0.3, 0.4) is 0 Å². The van der Waals surface area contributed by atoms with Crippen molar-refractivity contribution < 1.29 is 39.0 Å². The van der Waals surface area contributed by atoms with Gasteiger partial charge in [-0.1, -0.05) is 194 Å². The molecular weight excluding hydrogens is 677 g/mol. The normalized spacial score (nSPS) is 13.1. The number of aliphatic hydroxyl groups excluding tert-OH is 2. The lowest BCUT2D eigenvalue weighted by Gasteiger charge is -2.45. The standard InChI is InChI=1S/C42H90N2.C4H6O6/c1-8-10-12-14-16-18-20-22-24-26-28-30-32-34-36-38-40-43(4,5)42(3)44(6,7)41-39-37-35-33-31-29-27-25-23-21-19-17-15-13-11-9-2;5-1(3(7)8)2(6)4(9)10/h42H,8-41H2,1-7H3;1-2,5-6H,(H,7,8)(H,9,10)/q+2;/p-2. The predicted molar refractivity (Wildman–Crippen MR) is 225 cm³/mol. The van der Waals surface area contributed by atoms with Crippen molar-refractivity contribution in [2.45, 2.75) is 245 Å². The van der Waals surface area contributed by atoms with Crippen molar-refractivity contribution in [2.75, 3.05) is 41.3 Å². The SMILES string of the molecule is CCCCCCCCCCCCCCCCCC[N+](C)(C)C(C)[N+](C)(C)CCCCCCCCCCCCCCCCCC.O=C([O-])C(O)C(O)C(=O)[O-]. The highest BCUT2D eigenvalue weighted by Crippen LogP contribution is 2.21. The fourth-order valence-electron chi connectivity index (χ4n) is 7.61. The van der Waals surface area contributed by atoms with Crippen LogP contribution in [0.2, 0.25) is 0 Å². The molecule has 2 N–H and O–H groups in total. The molecule has 0 bridgehead atoms. The second-order valence-corrected chi connectivity index (χ2v) is 17.8. The Morgan fingerprint density at radius 3 is 0.722 bits per heavy atom. The van der Waals surface area contributed by atoms with E-state index >= 15 is 0 Å². The monoisotopic (exact) mass is 771 g/mol. The molecular formula is C46H94N2O6. The van der Waals surface area contributed by atoms with E-state index in [4.69, 9.17) is 10.2 Å². The maximum absolute atomic E-state index is 9.63. The molecule has 0 fully saturated rings. The Balaban J connectivity index is 0. The molecule has 0 aliphatic heterocycles. The van der Waals surface area contributed by atoms with Gasteiger partial charge in [0.05, 0.1) is 53.2 Å². The number of carboxylic acids is 2. The minimum absolute atomic E-state index is 0.669. The zero-order valence-electron chi connectivity index (χ0n) is 37.2. The fraction of sp³-hybridized carbons (Fsp3) is 0.957. The van der Waals surface area contributed by atoms with Crippen molar-refractivity contribution in [3.63, 3.8) is 0 Å². The van der Waals surface area contributed by atoms with Crippen LogP contribution in [0.15, 0.2) is 0 Å². The minimum Gasteiger partial charge on any atom is -0.547 e. The van der Waals surface area contributed by atoms with Gasteiger partial charge in [0.2, 0.25) is 6.17 Å². The molecule has 0 spiro atoms. The topological polar surface area (TPSA) is 121 Å². The summed E-state index contributed by atoms with van der Waals surface area (Å²) in [6.45, 7) is 9.80. The van der Waals surface area contributed by atoms with E-state index in [1.54, 1.807) is 0 Å². The van der Waals surface area contributed by atoms with E-state index in [9.17, 15) is 19.8 Å². The molecule has 2 atom stereocenters. The van der Waals surface area contributed by atoms with Gasteiger partial charge in [0.1, 0.15) is 12.2 Å². The van der Waals surface area contributed by atoms with Crippen molar-refractivity contribution in [3.8, 4) is 0 Å². The van der Waals surface area contributed by atoms with Crippen molar-refractivity contribution in [3.05, 3.63) is 0 Å². The third-order valence-corrected chi connectivity index (χ3v) is 12.0. The fourth-order valence-corrected chi connectivity index (χ4v) is 7.61. The first-order valence-electron chi connectivity index (χ1n) is 23.2. The number of aliphatic hydroxyl groups is 2. The molecule has 0 aliphatic carbocycles. The number of carboxylic acid groups (broad SMARTS) is 2. The average Bonchev–Trinajstić information content (AvgIpc) is 3.13. The summed E-state index contributed by atoms with van der Waals surface area (Å²) >= 11 is 0. The molecule has 0 amide bonds. The number of carbonyl (C=O) groups excluding carboxylic acids is 2. The number of hydrogen-bond donors (Lipinski definition) is 2. The van der Waals surface area contributed by atoms with Crippen LogP contribution in [-0.2, 0) is 9.59 Å². The summed E-state index contributed by atoms with van der Waals surface area (Å²) in [6.07, 6.45) is 42.4. The largest absolute Gasteiger partial charge is 0.547 e. The Hall–Kier alpha value is -1.22. The van der Waals surface area contributed by atoms with E-state index in [1.165, 1.54) is 228 Å². The lowest BCUT2D eigenvalue weighted by Crippen LogP contribution is -2.63. The van der Waals surface area contributed by atoms with E-state index < -0.39 is 24.1 Å². The summed E-state index contributed by atoms with van der Waals surface area (Å²) in [5, 5.41) is 35.7. The summed E-state index contributed by atoms with van der Waals surface area (Å²) in [5.74, 6) is -4.12. The third kappa shape index (κ3) is 34.1. The second kappa shape index (κ2) is 37.4. The van der Waals surface area contributed by atoms with E-state index in [0.29, 0.717) is 6.17 Å². The molecule has 2 unspecified atom stereocenters. The van der Waals surface area contributed by atoms with Crippen molar-refractivity contribution in [1.82, 2.24) is 0 Å². The number of nitrogens with zero attached hydrogens (tertiary/aromatic N) is 2. The Labute approximate surface area is 336 Å². The molecule has 54 heavy (non-hydrogen) atoms. The van der Waals surface area contributed by atoms with E-state index in [1.807, 2.05) is 0 Å². The molecule has 8 nitrogen and oxygen atoms in total. The van der Waals surface area contributed by atoms with Gasteiger partial charge >= 0.3 is 0 Å². The summed E-state index contributed by atoms with van der Waals surface area (Å²) in [7, 11) is 9.96. The molecule has 8 heteroatoms. The van der Waals surface area contributed by atoms with Gasteiger partial charge in [-0.2, -0.15) is 0 Å². The minimum atomic E-state index is -2.44.